The van der Waals surface area contributed by atoms with E-state index in [2.05, 4.69) is 0 Å². The zero-order valence-corrected chi connectivity index (χ0v) is 9.41. The minimum Gasteiger partial charge on any atom is -0.480 e. The molecule has 2 aliphatic carbocycles. The second kappa shape index (κ2) is 4.44. The third-order valence-electron chi connectivity index (χ3n) is 3.83. The summed E-state index contributed by atoms with van der Waals surface area (Å²) < 4.78 is 5.34. The molecule has 0 aromatic carbocycles. The molecule has 4 nitrogen and oxygen atoms in total. The van der Waals surface area contributed by atoms with Gasteiger partial charge in [0.15, 0.2) is 5.41 Å². The maximum atomic E-state index is 11.9. The zero-order chi connectivity index (χ0) is 11.6. The number of ether oxygens (including phenoxy) is 1. The Hall–Kier alpha value is -1.06. The number of carboxylic acids is 1. The predicted octanol–water partition coefficient (Wildman–Crippen LogP) is 2.12. The van der Waals surface area contributed by atoms with Gasteiger partial charge in [-0.1, -0.05) is 6.42 Å². The van der Waals surface area contributed by atoms with Gasteiger partial charge in [-0.15, -0.1) is 0 Å². The van der Waals surface area contributed by atoms with Gasteiger partial charge in [0.2, 0.25) is 0 Å². The fourth-order valence-corrected chi connectivity index (χ4v) is 2.48. The van der Waals surface area contributed by atoms with Crippen LogP contribution in [-0.2, 0) is 14.3 Å². The van der Waals surface area contributed by atoms with Gasteiger partial charge in [0.1, 0.15) is 6.10 Å². The molecular formula is C12H18O4. The Kier molecular flexibility index (Phi) is 3.17. The molecule has 2 aliphatic rings. The molecule has 0 bridgehead atoms. The normalized spacial score (nSPS) is 24.5. The highest BCUT2D eigenvalue weighted by molar-refractivity contribution is 6.00. The summed E-state index contributed by atoms with van der Waals surface area (Å²) in [4.78, 5) is 22.9. The second-order valence-electron chi connectivity index (χ2n) is 4.91. The van der Waals surface area contributed by atoms with Crippen molar-refractivity contribution in [1.29, 1.82) is 0 Å². The number of aliphatic carboxylic acids is 1. The minimum atomic E-state index is -1.21. The summed E-state index contributed by atoms with van der Waals surface area (Å²) in [5, 5.41) is 9.08. The highest BCUT2D eigenvalue weighted by Crippen LogP contribution is 2.43. The summed E-state index contributed by atoms with van der Waals surface area (Å²) in [7, 11) is 0. The van der Waals surface area contributed by atoms with Crippen LogP contribution in [0.25, 0.3) is 0 Å². The Morgan fingerprint density at radius 1 is 1.06 bits per heavy atom. The van der Waals surface area contributed by atoms with E-state index in [0.717, 1.165) is 32.1 Å². The molecule has 0 amide bonds. The first-order valence-corrected chi connectivity index (χ1v) is 6.10. The maximum Gasteiger partial charge on any atom is 0.323 e. The Morgan fingerprint density at radius 3 is 2.12 bits per heavy atom. The number of esters is 1. The average molecular weight is 226 g/mol. The largest absolute Gasteiger partial charge is 0.480 e. The van der Waals surface area contributed by atoms with Crippen molar-refractivity contribution in [1.82, 2.24) is 0 Å². The molecule has 2 saturated carbocycles. The van der Waals surface area contributed by atoms with Crippen molar-refractivity contribution < 1.29 is 19.4 Å². The van der Waals surface area contributed by atoms with Crippen molar-refractivity contribution in [2.45, 2.75) is 57.5 Å². The third-order valence-corrected chi connectivity index (χ3v) is 3.83. The summed E-state index contributed by atoms with van der Waals surface area (Å²) in [5.41, 5.74) is -1.21. The molecule has 0 aliphatic heterocycles. The average Bonchev–Trinajstić information content (AvgIpc) is 2.16. The van der Waals surface area contributed by atoms with E-state index in [0.29, 0.717) is 12.8 Å². The summed E-state index contributed by atoms with van der Waals surface area (Å²) in [6.07, 6.45) is 6.78. The number of hydrogen-bond donors (Lipinski definition) is 1. The SMILES string of the molecule is O=C(O)C1(C(=O)OC2CCCCC2)CCC1. The molecule has 0 aromatic rings. The highest BCUT2D eigenvalue weighted by Gasteiger charge is 2.53. The lowest BCUT2D eigenvalue weighted by Gasteiger charge is -2.36. The topological polar surface area (TPSA) is 63.6 Å². The van der Waals surface area contributed by atoms with Crippen LogP contribution in [0.1, 0.15) is 51.4 Å². The van der Waals surface area contributed by atoms with Crippen molar-refractivity contribution in [2.24, 2.45) is 5.41 Å². The Labute approximate surface area is 95.0 Å². The van der Waals surface area contributed by atoms with Crippen LogP contribution in [-0.4, -0.2) is 23.1 Å². The first-order chi connectivity index (χ1) is 7.65. The van der Waals surface area contributed by atoms with Gasteiger partial charge in [0.25, 0.3) is 0 Å². The van der Waals surface area contributed by atoms with Crippen molar-refractivity contribution in [2.75, 3.05) is 0 Å². The quantitative estimate of drug-likeness (QED) is 0.591. The van der Waals surface area contributed by atoms with Crippen LogP contribution in [0.3, 0.4) is 0 Å². The molecular weight excluding hydrogens is 208 g/mol. The Bertz CT molecular complexity index is 287. The van der Waals surface area contributed by atoms with Gasteiger partial charge in [-0.2, -0.15) is 0 Å². The Morgan fingerprint density at radius 2 is 1.69 bits per heavy atom. The first-order valence-electron chi connectivity index (χ1n) is 6.10. The lowest BCUT2D eigenvalue weighted by molar-refractivity contribution is -0.180. The molecule has 16 heavy (non-hydrogen) atoms. The highest BCUT2D eigenvalue weighted by atomic mass is 16.5. The molecule has 0 aromatic heterocycles. The number of rotatable bonds is 3. The fraction of sp³-hybridized carbons (Fsp3) is 0.833. The standard InChI is InChI=1S/C12H18O4/c13-10(14)12(7-4-8-12)11(15)16-9-5-2-1-3-6-9/h9H,1-8H2,(H,13,14). The van der Waals surface area contributed by atoms with E-state index in [9.17, 15) is 9.59 Å². The van der Waals surface area contributed by atoms with Gasteiger partial charge < -0.3 is 9.84 Å². The second-order valence-corrected chi connectivity index (χ2v) is 4.91. The molecule has 0 unspecified atom stereocenters. The predicted molar refractivity (Wildman–Crippen MR) is 56.9 cm³/mol. The summed E-state index contributed by atoms with van der Waals surface area (Å²) >= 11 is 0. The molecule has 0 saturated heterocycles. The summed E-state index contributed by atoms with van der Waals surface area (Å²) in [6.45, 7) is 0. The third kappa shape index (κ3) is 1.93. The van der Waals surface area contributed by atoms with Crippen molar-refractivity contribution in [3.05, 3.63) is 0 Å². The van der Waals surface area contributed by atoms with Crippen LogP contribution in [0, 0.1) is 5.41 Å². The zero-order valence-electron chi connectivity index (χ0n) is 9.41. The molecule has 1 N–H and O–H groups in total. The lowest BCUT2D eigenvalue weighted by atomic mass is 9.69. The van der Waals surface area contributed by atoms with Gasteiger partial charge in [0.05, 0.1) is 0 Å². The van der Waals surface area contributed by atoms with E-state index in [1.165, 1.54) is 6.42 Å². The molecule has 4 heteroatoms. The first kappa shape index (κ1) is 11.4. The van der Waals surface area contributed by atoms with E-state index < -0.39 is 17.4 Å². The van der Waals surface area contributed by atoms with E-state index in [1.54, 1.807) is 0 Å². The monoisotopic (exact) mass is 226 g/mol. The maximum absolute atomic E-state index is 11.9. The van der Waals surface area contributed by atoms with Crippen LogP contribution in [0.5, 0.6) is 0 Å². The van der Waals surface area contributed by atoms with E-state index in [1.807, 2.05) is 0 Å². The smallest absolute Gasteiger partial charge is 0.323 e. The van der Waals surface area contributed by atoms with Crippen LogP contribution >= 0.6 is 0 Å². The molecule has 2 rings (SSSR count). The number of carboxylic acid groups (broad SMARTS) is 1. The number of carbonyl (C=O) groups is 2. The van der Waals surface area contributed by atoms with Crippen molar-refractivity contribution >= 4 is 11.9 Å². The number of hydrogen-bond acceptors (Lipinski definition) is 3. The Balaban J connectivity index is 1.93. The molecule has 2 fully saturated rings. The molecule has 0 heterocycles. The van der Waals surface area contributed by atoms with Gasteiger partial charge in [-0.3, -0.25) is 9.59 Å². The molecule has 90 valence electrons. The van der Waals surface area contributed by atoms with Crippen LogP contribution in [0.4, 0.5) is 0 Å². The van der Waals surface area contributed by atoms with Gasteiger partial charge >= 0.3 is 11.9 Å². The molecule has 0 spiro atoms. The van der Waals surface area contributed by atoms with Gasteiger partial charge in [0, 0.05) is 0 Å². The fourth-order valence-electron chi connectivity index (χ4n) is 2.48. The molecule has 0 radical (unpaired) electrons. The van der Waals surface area contributed by atoms with Crippen LogP contribution in [0.15, 0.2) is 0 Å². The van der Waals surface area contributed by atoms with Crippen LogP contribution in [0.2, 0.25) is 0 Å². The number of carbonyl (C=O) groups excluding carboxylic acids is 1. The van der Waals surface area contributed by atoms with Crippen molar-refractivity contribution in [3.8, 4) is 0 Å². The lowest BCUT2D eigenvalue weighted by Crippen LogP contribution is -2.47. The minimum absolute atomic E-state index is 0.0434. The van der Waals surface area contributed by atoms with E-state index >= 15 is 0 Å². The molecule has 0 atom stereocenters. The van der Waals surface area contributed by atoms with Gasteiger partial charge in [-0.05, 0) is 44.9 Å². The van der Waals surface area contributed by atoms with Crippen molar-refractivity contribution in [3.63, 3.8) is 0 Å². The summed E-state index contributed by atoms with van der Waals surface area (Å²) in [5.74, 6) is -1.52. The summed E-state index contributed by atoms with van der Waals surface area (Å²) in [6, 6.07) is 0. The van der Waals surface area contributed by atoms with E-state index in [4.69, 9.17) is 9.84 Å². The van der Waals surface area contributed by atoms with Crippen LogP contribution < -0.4 is 0 Å². The van der Waals surface area contributed by atoms with E-state index in [-0.39, 0.29) is 6.10 Å². The van der Waals surface area contributed by atoms with Gasteiger partial charge in [-0.25, -0.2) is 0 Å².